The van der Waals surface area contributed by atoms with Crippen LogP contribution in [0.1, 0.15) is 43.2 Å². The molecule has 7 aromatic carbocycles. The van der Waals surface area contributed by atoms with E-state index in [4.69, 9.17) is 0 Å². The van der Waals surface area contributed by atoms with Crippen LogP contribution >= 0.6 is 0 Å². The van der Waals surface area contributed by atoms with Crippen LogP contribution in [0.5, 0.6) is 0 Å². The summed E-state index contributed by atoms with van der Waals surface area (Å²) in [7, 11) is 0. The monoisotopic (exact) mass is 629 g/mol. The topological polar surface area (TPSA) is 3.24 Å². The lowest BCUT2D eigenvalue weighted by atomic mass is 9.43. The van der Waals surface area contributed by atoms with Gasteiger partial charge in [0.25, 0.3) is 0 Å². The number of anilines is 3. The van der Waals surface area contributed by atoms with E-state index in [1.807, 2.05) is 0 Å². The summed E-state index contributed by atoms with van der Waals surface area (Å²) in [6.07, 6.45) is 7.03. The number of nitrogens with zero attached hydrogens (tertiary/aromatic N) is 1. The second-order valence-electron chi connectivity index (χ2n) is 15.3. The predicted molar refractivity (Wildman–Crippen MR) is 205 cm³/mol. The highest BCUT2D eigenvalue weighted by molar-refractivity contribution is 6.15. The fourth-order valence-corrected chi connectivity index (χ4v) is 11.4. The molecule has 1 heteroatoms. The number of benzene rings is 7. The fraction of sp³-hybridized carbons (Fsp3) is 0.208. The minimum absolute atomic E-state index is 0.116. The van der Waals surface area contributed by atoms with Crippen molar-refractivity contribution in [3.05, 3.63) is 163 Å². The van der Waals surface area contributed by atoms with Crippen molar-refractivity contribution < 1.29 is 0 Å². The Morgan fingerprint density at radius 2 is 1.04 bits per heavy atom. The summed E-state index contributed by atoms with van der Waals surface area (Å²) in [6.45, 7) is 0. The van der Waals surface area contributed by atoms with Crippen molar-refractivity contribution in [3.63, 3.8) is 0 Å². The van der Waals surface area contributed by atoms with Crippen LogP contribution in [0.3, 0.4) is 0 Å². The Hall–Kier alpha value is -5.14. The van der Waals surface area contributed by atoms with E-state index in [0.29, 0.717) is 0 Å². The molecule has 4 fully saturated rings. The summed E-state index contributed by atoms with van der Waals surface area (Å²) < 4.78 is 0. The molecule has 0 saturated heterocycles. The van der Waals surface area contributed by atoms with Gasteiger partial charge in [-0.25, -0.2) is 0 Å². The molecule has 4 saturated carbocycles. The first-order valence-electron chi connectivity index (χ1n) is 18.4. The highest BCUT2D eigenvalue weighted by Gasteiger charge is 2.61. The molecule has 0 amide bonds. The Balaban J connectivity index is 1.21. The first kappa shape index (κ1) is 27.8. The van der Waals surface area contributed by atoms with E-state index in [1.165, 1.54) is 93.0 Å². The second kappa shape index (κ2) is 10.4. The van der Waals surface area contributed by atoms with Crippen LogP contribution in [0.2, 0.25) is 0 Å². The maximum atomic E-state index is 2.64. The van der Waals surface area contributed by atoms with Crippen molar-refractivity contribution >= 4 is 38.6 Å². The average molecular weight is 630 g/mol. The van der Waals surface area contributed by atoms with Gasteiger partial charge in [-0.2, -0.15) is 0 Å². The van der Waals surface area contributed by atoms with Gasteiger partial charge in [-0.1, -0.05) is 127 Å². The summed E-state index contributed by atoms with van der Waals surface area (Å²) in [5.74, 6) is 3.30. The third-order valence-corrected chi connectivity index (χ3v) is 13.0. The Kier molecular flexibility index (Phi) is 5.91. The Labute approximate surface area is 288 Å². The number of para-hydroxylation sites is 1. The molecule has 0 N–H and O–H groups in total. The normalized spacial score (nSPS) is 24.4. The molecule has 5 aliphatic carbocycles. The molecule has 12 rings (SSSR count). The Morgan fingerprint density at radius 1 is 0.429 bits per heavy atom. The molecule has 5 aliphatic rings. The lowest BCUT2D eigenvalue weighted by molar-refractivity contribution is -0.0399. The van der Waals surface area contributed by atoms with Gasteiger partial charge < -0.3 is 4.90 Å². The molecule has 0 aromatic heterocycles. The maximum Gasteiger partial charge on any atom is 0.0546 e. The molecule has 4 bridgehead atoms. The highest BCUT2D eigenvalue weighted by Crippen LogP contribution is 2.69. The minimum atomic E-state index is 0.116. The summed E-state index contributed by atoms with van der Waals surface area (Å²) in [5, 5.41) is 5.14. The summed E-state index contributed by atoms with van der Waals surface area (Å²) in [4.78, 5) is 2.59. The zero-order chi connectivity index (χ0) is 32.1. The van der Waals surface area contributed by atoms with E-state index in [-0.39, 0.29) is 5.41 Å². The molecule has 1 spiro atoms. The predicted octanol–water partition coefficient (Wildman–Crippen LogP) is 12.9. The van der Waals surface area contributed by atoms with E-state index in [1.54, 1.807) is 11.1 Å². The summed E-state index contributed by atoms with van der Waals surface area (Å²) >= 11 is 0. The Morgan fingerprint density at radius 3 is 1.84 bits per heavy atom. The fourth-order valence-electron chi connectivity index (χ4n) is 11.4. The van der Waals surface area contributed by atoms with Crippen molar-refractivity contribution in [2.24, 2.45) is 23.7 Å². The quantitative estimate of drug-likeness (QED) is 0.175. The highest BCUT2D eigenvalue weighted by atomic mass is 15.1. The first-order chi connectivity index (χ1) is 24.3. The van der Waals surface area contributed by atoms with Crippen molar-refractivity contribution in [1.29, 1.82) is 0 Å². The van der Waals surface area contributed by atoms with Crippen LogP contribution in [-0.4, -0.2) is 0 Å². The largest absolute Gasteiger partial charge is 0.309 e. The SMILES string of the molecule is c1ccc(-c2ccccc2N(c2ccc3c(c2)C2(c4ccccc4-3)C3CC4CC(C3)CC2C4)c2cc3ccccc3c3ccccc23)cc1. The van der Waals surface area contributed by atoms with Crippen molar-refractivity contribution in [2.75, 3.05) is 4.90 Å². The van der Waals surface area contributed by atoms with E-state index < -0.39 is 0 Å². The average Bonchev–Trinajstić information content (AvgIpc) is 3.44. The number of hydrogen-bond donors (Lipinski definition) is 0. The van der Waals surface area contributed by atoms with Crippen LogP contribution < -0.4 is 4.90 Å². The molecular formula is C48H39N. The van der Waals surface area contributed by atoms with E-state index in [0.717, 1.165) is 23.7 Å². The number of hydrogen-bond acceptors (Lipinski definition) is 1. The number of fused-ring (bicyclic) bond motifs is 6. The van der Waals surface area contributed by atoms with Gasteiger partial charge in [0, 0.05) is 22.1 Å². The van der Waals surface area contributed by atoms with Crippen molar-refractivity contribution in [2.45, 2.75) is 37.5 Å². The smallest absolute Gasteiger partial charge is 0.0546 e. The van der Waals surface area contributed by atoms with Gasteiger partial charge in [0.15, 0.2) is 0 Å². The van der Waals surface area contributed by atoms with Gasteiger partial charge in [-0.15, -0.1) is 0 Å². The molecule has 0 aliphatic heterocycles. The van der Waals surface area contributed by atoms with Crippen LogP contribution in [0.25, 0.3) is 43.8 Å². The van der Waals surface area contributed by atoms with E-state index >= 15 is 0 Å². The van der Waals surface area contributed by atoms with Gasteiger partial charge in [-0.3, -0.25) is 0 Å². The Bertz CT molecular complexity index is 2390. The zero-order valence-corrected chi connectivity index (χ0v) is 27.7. The molecule has 0 radical (unpaired) electrons. The molecule has 7 aromatic rings. The minimum Gasteiger partial charge on any atom is -0.309 e. The lowest BCUT2D eigenvalue weighted by Crippen LogP contribution is -2.55. The summed E-state index contributed by atoms with van der Waals surface area (Å²) in [5.41, 5.74) is 12.4. The molecular weight excluding hydrogens is 591 g/mol. The van der Waals surface area contributed by atoms with Crippen LogP contribution in [0, 0.1) is 23.7 Å². The molecule has 0 heterocycles. The van der Waals surface area contributed by atoms with Gasteiger partial charge in [0.05, 0.1) is 11.4 Å². The van der Waals surface area contributed by atoms with Gasteiger partial charge in [0.1, 0.15) is 0 Å². The molecule has 49 heavy (non-hydrogen) atoms. The van der Waals surface area contributed by atoms with E-state index in [2.05, 4.69) is 157 Å². The molecule has 236 valence electrons. The van der Waals surface area contributed by atoms with Crippen LogP contribution in [0.15, 0.2) is 152 Å². The van der Waals surface area contributed by atoms with Gasteiger partial charge in [-0.05, 0) is 124 Å². The molecule has 1 nitrogen and oxygen atoms in total. The van der Waals surface area contributed by atoms with Crippen LogP contribution in [0.4, 0.5) is 17.1 Å². The maximum absolute atomic E-state index is 2.64. The third kappa shape index (κ3) is 3.88. The standard InChI is InChI=1S/C48H39N/c1-2-12-33(13-3-1)39-16-9-11-21-46(39)49(47-29-34-14-4-5-15-38(34)40-17-6-7-19-43(40)47)37-22-23-42-41-18-8-10-20-44(41)48(45(42)30-37)35-25-31-24-32(27-35)28-36(48)26-31/h1-23,29-32,35-36H,24-28H2. The van der Waals surface area contributed by atoms with Crippen LogP contribution in [-0.2, 0) is 5.41 Å². The van der Waals surface area contributed by atoms with Crippen molar-refractivity contribution in [1.82, 2.24) is 0 Å². The molecule has 0 unspecified atom stereocenters. The third-order valence-electron chi connectivity index (χ3n) is 13.0. The van der Waals surface area contributed by atoms with E-state index in [9.17, 15) is 0 Å². The second-order valence-corrected chi connectivity index (χ2v) is 15.3. The lowest BCUT2D eigenvalue weighted by Gasteiger charge is -2.61. The van der Waals surface area contributed by atoms with Gasteiger partial charge in [0.2, 0.25) is 0 Å². The molecule has 0 atom stereocenters. The van der Waals surface area contributed by atoms with Crippen molar-refractivity contribution in [3.8, 4) is 22.3 Å². The zero-order valence-electron chi connectivity index (χ0n) is 27.7. The van der Waals surface area contributed by atoms with Gasteiger partial charge >= 0.3 is 0 Å². The first-order valence-corrected chi connectivity index (χ1v) is 18.4. The summed E-state index contributed by atoms with van der Waals surface area (Å²) in [6, 6.07) is 57.3. The number of rotatable bonds is 4.